The van der Waals surface area contributed by atoms with Gasteiger partial charge in [0.25, 0.3) is 12.3 Å². The number of amides is 1. The Morgan fingerprint density at radius 1 is 1.28 bits per heavy atom. The first-order valence-corrected chi connectivity index (χ1v) is 8.06. The third-order valence-corrected chi connectivity index (χ3v) is 3.82. The highest BCUT2D eigenvalue weighted by molar-refractivity contribution is 5.92. The zero-order valence-corrected chi connectivity index (χ0v) is 14.9. The minimum Gasteiger partial charge on any atom is -0.339 e. The van der Waals surface area contributed by atoms with E-state index in [4.69, 9.17) is 4.52 Å². The van der Waals surface area contributed by atoms with Crippen LogP contribution in [-0.4, -0.2) is 30.8 Å². The average molecular weight is 416 g/mol. The first kappa shape index (κ1) is 20.4. The summed E-state index contributed by atoms with van der Waals surface area (Å²) in [6.45, 7) is 1.48. The largest absolute Gasteiger partial charge is 0.433 e. The fraction of sp³-hybridized carbons (Fsp3) is 0.312. The van der Waals surface area contributed by atoms with Gasteiger partial charge in [-0.1, -0.05) is 5.16 Å². The quantitative estimate of drug-likeness (QED) is 0.641. The minimum absolute atomic E-state index is 0.0223. The van der Waals surface area contributed by atoms with Gasteiger partial charge in [0.05, 0.1) is 0 Å². The maximum absolute atomic E-state index is 12.8. The Bertz CT molecular complexity index is 1030. The number of nitrogens with one attached hydrogen (secondary N) is 1. The molecule has 0 aliphatic heterocycles. The number of halogens is 5. The average Bonchev–Trinajstić information content (AvgIpc) is 3.28. The summed E-state index contributed by atoms with van der Waals surface area (Å²) in [7, 11) is 1.33. The van der Waals surface area contributed by atoms with Gasteiger partial charge in [-0.15, -0.1) is 0 Å². The van der Waals surface area contributed by atoms with Crippen LogP contribution in [0, 0.1) is 0 Å². The number of pyridine rings is 1. The predicted molar refractivity (Wildman–Crippen MR) is 86.6 cm³/mol. The van der Waals surface area contributed by atoms with Crippen LogP contribution in [0.25, 0.3) is 11.4 Å². The standard InChI is InChI=1S/C16H13F5N6O2/c1-7(23-14(28)10-6-9(12(17)18)25-27(10)2)15-24-13(26-29-15)8-3-4-22-11(5-8)16(19,20)21/h3-7,12H,1-2H3,(H,23,28)/t7-/m0/s1. The van der Waals surface area contributed by atoms with Crippen LogP contribution in [0.15, 0.2) is 28.9 Å². The third-order valence-electron chi connectivity index (χ3n) is 3.82. The molecule has 0 aliphatic rings. The Labute approximate surface area is 159 Å². The number of carbonyl (C=O) groups excluding carboxylic acids is 1. The van der Waals surface area contributed by atoms with Crippen LogP contribution in [0.4, 0.5) is 22.0 Å². The molecule has 0 radical (unpaired) electrons. The van der Waals surface area contributed by atoms with E-state index in [1.54, 1.807) is 0 Å². The van der Waals surface area contributed by atoms with Gasteiger partial charge in [-0.3, -0.25) is 14.5 Å². The van der Waals surface area contributed by atoms with Crippen molar-refractivity contribution in [2.75, 3.05) is 0 Å². The number of alkyl halides is 5. The highest BCUT2D eigenvalue weighted by atomic mass is 19.4. The van der Waals surface area contributed by atoms with Gasteiger partial charge in [0.15, 0.2) is 0 Å². The number of aryl methyl sites for hydroxylation is 1. The highest BCUT2D eigenvalue weighted by Crippen LogP contribution is 2.30. The number of rotatable bonds is 5. The SMILES string of the molecule is C[C@H](NC(=O)c1cc(C(F)F)nn1C)c1nc(-c2ccnc(C(F)(F)F)c2)no1. The molecular formula is C16H13F5N6O2. The number of hydrogen-bond donors (Lipinski definition) is 1. The number of carbonyl (C=O) groups is 1. The second-order valence-electron chi connectivity index (χ2n) is 5.96. The molecule has 0 aromatic carbocycles. The second-order valence-corrected chi connectivity index (χ2v) is 5.96. The molecule has 1 N–H and O–H groups in total. The Balaban J connectivity index is 1.76. The first-order valence-electron chi connectivity index (χ1n) is 8.06. The van der Waals surface area contributed by atoms with Gasteiger partial charge in [-0.25, -0.2) is 8.78 Å². The van der Waals surface area contributed by atoms with Crippen molar-refractivity contribution >= 4 is 5.91 Å². The van der Waals surface area contributed by atoms with Gasteiger partial charge < -0.3 is 9.84 Å². The molecule has 8 nitrogen and oxygen atoms in total. The molecule has 0 aliphatic carbocycles. The lowest BCUT2D eigenvalue weighted by molar-refractivity contribution is -0.141. The fourth-order valence-corrected chi connectivity index (χ4v) is 2.39. The zero-order chi connectivity index (χ0) is 21.3. The van der Waals surface area contributed by atoms with Crippen LogP contribution >= 0.6 is 0 Å². The Kier molecular flexibility index (Phi) is 5.31. The molecular weight excluding hydrogens is 403 g/mol. The third kappa shape index (κ3) is 4.38. The molecule has 3 heterocycles. The molecule has 0 saturated heterocycles. The maximum atomic E-state index is 12.8. The summed E-state index contributed by atoms with van der Waals surface area (Å²) in [6.07, 6.45) is -6.51. The van der Waals surface area contributed by atoms with E-state index in [9.17, 15) is 26.7 Å². The van der Waals surface area contributed by atoms with Gasteiger partial charge in [0.2, 0.25) is 11.7 Å². The van der Waals surface area contributed by atoms with E-state index in [-0.39, 0.29) is 23.0 Å². The van der Waals surface area contributed by atoms with Crippen LogP contribution in [0.5, 0.6) is 0 Å². The van der Waals surface area contributed by atoms with Crippen molar-refractivity contribution in [1.29, 1.82) is 0 Å². The summed E-state index contributed by atoms with van der Waals surface area (Å²) in [6, 6.07) is 2.13. The van der Waals surface area contributed by atoms with Gasteiger partial charge in [0.1, 0.15) is 23.1 Å². The molecule has 1 atom stereocenters. The van der Waals surface area contributed by atoms with Crippen LogP contribution in [-0.2, 0) is 13.2 Å². The van der Waals surface area contributed by atoms with Crippen LogP contribution < -0.4 is 5.32 Å². The predicted octanol–water partition coefficient (Wildman–Crippen LogP) is 3.31. The maximum Gasteiger partial charge on any atom is 0.433 e. The van der Waals surface area contributed by atoms with Gasteiger partial charge in [0, 0.05) is 18.8 Å². The van der Waals surface area contributed by atoms with Crippen molar-refractivity contribution in [2.24, 2.45) is 7.05 Å². The second kappa shape index (κ2) is 7.56. The summed E-state index contributed by atoms with van der Waals surface area (Å²) in [5.74, 6) is -0.938. The van der Waals surface area contributed by atoms with E-state index < -0.39 is 35.9 Å². The summed E-state index contributed by atoms with van der Waals surface area (Å²) in [5, 5.41) is 9.62. The molecule has 3 aromatic rings. The lowest BCUT2D eigenvalue weighted by atomic mass is 10.2. The molecule has 3 aromatic heterocycles. The van der Waals surface area contributed by atoms with Gasteiger partial charge in [-0.05, 0) is 25.1 Å². The highest BCUT2D eigenvalue weighted by Gasteiger charge is 2.33. The molecule has 0 unspecified atom stereocenters. The lowest BCUT2D eigenvalue weighted by Gasteiger charge is -2.09. The van der Waals surface area contributed by atoms with Crippen LogP contribution in [0.3, 0.4) is 0 Å². The number of nitrogens with zero attached hydrogens (tertiary/aromatic N) is 5. The molecule has 154 valence electrons. The Hall–Kier alpha value is -3.38. The monoisotopic (exact) mass is 416 g/mol. The normalized spacial score (nSPS) is 13.0. The van der Waals surface area contributed by atoms with Gasteiger partial charge >= 0.3 is 6.18 Å². The van der Waals surface area contributed by atoms with Crippen molar-refractivity contribution < 1.29 is 31.3 Å². The Morgan fingerprint density at radius 2 is 2.00 bits per heavy atom. The van der Waals surface area contributed by atoms with E-state index in [2.05, 4.69) is 25.5 Å². The van der Waals surface area contributed by atoms with Gasteiger partial charge in [-0.2, -0.15) is 23.3 Å². The van der Waals surface area contributed by atoms with Crippen molar-refractivity contribution in [3.63, 3.8) is 0 Å². The number of hydrogen-bond acceptors (Lipinski definition) is 6. The molecule has 29 heavy (non-hydrogen) atoms. The van der Waals surface area contributed by atoms with E-state index in [0.29, 0.717) is 0 Å². The van der Waals surface area contributed by atoms with Crippen molar-refractivity contribution in [2.45, 2.75) is 25.6 Å². The molecule has 3 rings (SSSR count). The topological polar surface area (TPSA) is 98.7 Å². The van der Waals surface area contributed by atoms with Crippen LogP contribution in [0.1, 0.15) is 47.2 Å². The lowest BCUT2D eigenvalue weighted by Crippen LogP contribution is -2.28. The van der Waals surface area contributed by atoms with E-state index >= 15 is 0 Å². The summed E-state index contributed by atoms with van der Waals surface area (Å²) >= 11 is 0. The van der Waals surface area contributed by atoms with E-state index in [1.165, 1.54) is 20.0 Å². The minimum atomic E-state index is -4.63. The Morgan fingerprint density at radius 3 is 2.62 bits per heavy atom. The summed E-state index contributed by atoms with van der Waals surface area (Å²) in [4.78, 5) is 19.5. The molecule has 0 bridgehead atoms. The fourth-order valence-electron chi connectivity index (χ4n) is 2.39. The number of aromatic nitrogens is 5. The smallest absolute Gasteiger partial charge is 0.339 e. The van der Waals surface area contributed by atoms with Crippen LogP contribution in [0.2, 0.25) is 0 Å². The summed E-state index contributed by atoms with van der Waals surface area (Å²) in [5.41, 5.74) is -1.76. The first-order chi connectivity index (χ1) is 13.6. The van der Waals surface area contributed by atoms with E-state index in [0.717, 1.165) is 23.0 Å². The molecule has 0 spiro atoms. The molecule has 13 heteroatoms. The molecule has 1 amide bonds. The van der Waals surface area contributed by atoms with E-state index in [1.807, 2.05) is 0 Å². The molecule has 0 saturated carbocycles. The van der Waals surface area contributed by atoms with Crippen molar-refractivity contribution in [1.82, 2.24) is 30.2 Å². The van der Waals surface area contributed by atoms with Crippen molar-refractivity contribution in [3.05, 3.63) is 47.4 Å². The van der Waals surface area contributed by atoms with Crippen molar-refractivity contribution in [3.8, 4) is 11.4 Å². The summed E-state index contributed by atoms with van der Waals surface area (Å²) < 4.78 is 69.7. The molecule has 0 fully saturated rings. The zero-order valence-electron chi connectivity index (χ0n) is 14.9.